The van der Waals surface area contributed by atoms with Crippen molar-refractivity contribution in [1.82, 2.24) is 0 Å². The second kappa shape index (κ2) is 6.50. The molecule has 6 heteroatoms. The van der Waals surface area contributed by atoms with Gasteiger partial charge in [-0.3, -0.25) is 4.79 Å². The number of ether oxygens (including phenoxy) is 1. The van der Waals surface area contributed by atoms with E-state index in [1.54, 1.807) is 18.2 Å². The smallest absolute Gasteiger partial charge is 0.305 e. The molecule has 1 aromatic carbocycles. The first-order valence-corrected chi connectivity index (χ1v) is 7.60. The second-order valence-electron chi connectivity index (χ2n) is 4.50. The van der Waals surface area contributed by atoms with Crippen molar-refractivity contribution in [3.63, 3.8) is 0 Å². The van der Waals surface area contributed by atoms with Crippen molar-refractivity contribution in [1.29, 1.82) is 0 Å². The van der Waals surface area contributed by atoms with Crippen LogP contribution < -0.4 is 10.5 Å². The molecule has 1 fully saturated rings. The van der Waals surface area contributed by atoms with E-state index < -0.39 is 12.0 Å². The summed E-state index contributed by atoms with van der Waals surface area (Å²) in [6.07, 6.45) is 1.12. The molecule has 0 amide bonds. The first kappa shape index (κ1) is 14.5. The molecule has 1 heterocycles. The summed E-state index contributed by atoms with van der Waals surface area (Å²) in [7, 11) is 0. The molecule has 0 saturated carbocycles. The van der Waals surface area contributed by atoms with E-state index in [0.717, 1.165) is 17.9 Å². The van der Waals surface area contributed by atoms with Crippen molar-refractivity contribution in [2.45, 2.75) is 25.0 Å². The Kier molecular flexibility index (Phi) is 4.96. The zero-order valence-corrected chi connectivity index (χ0v) is 11.9. The molecule has 1 aliphatic heterocycles. The third-order valence-corrected chi connectivity index (χ3v) is 4.39. The lowest BCUT2D eigenvalue weighted by Crippen LogP contribution is -2.16. The molecule has 2 atom stereocenters. The maximum atomic E-state index is 10.6. The van der Waals surface area contributed by atoms with Gasteiger partial charge in [-0.05, 0) is 29.9 Å². The minimum atomic E-state index is -0.924. The highest BCUT2D eigenvalue weighted by Crippen LogP contribution is 2.31. The van der Waals surface area contributed by atoms with Crippen LogP contribution >= 0.6 is 23.4 Å². The molecule has 19 heavy (non-hydrogen) atoms. The van der Waals surface area contributed by atoms with E-state index in [1.165, 1.54) is 0 Å². The number of rotatable bonds is 5. The molecule has 2 unspecified atom stereocenters. The van der Waals surface area contributed by atoms with Crippen LogP contribution in [-0.4, -0.2) is 28.7 Å². The third-order valence-electron chi connectivity index (χ3n) is 2.96. The minimum Gasteiger partial charge on any atom is -0.488 e. The summed E-state index contributed by atoms with van der Waals surface area (Å²) in [5.74, 6) is 1.81. The van der Waals surface area contributed by atoms with Gasteiger partial charge >= 0.3 is 5.97 Å². The maximum absolute atomic E-state index is 10.6. The summed E-state index contributed by atoms with van der Waals surface area (Å²) < 4.78 is 5.81. The number of nitrogens with two attached hydrogens (primary N) is 1. The van der Waals surface area contributed by atoms with Crippen LogP contribution in [0.25, 0.3) is 0 Å². The molecular weight excluding hydrogens is 286 g/mol. The summed E-state index contributed by atoms with van der Waals surface area (Å²) in [5, 5.41) is 9.20. The number of aliphatic carboxylic acids is 1. The van der Waals surface area contributed by atoms with Crippen molar-refractivity contribution in [2.75, 3.05) is 11.5 Å². The fourth-order valence-corrected chi connectivity index (χ4v) is 3.26. The average Bonchev–Trinajstić information content (AvgIpc) is 2.83. The molecule has 4 nitrogen and oxygen atoms in total. The number of carbonyl (C=O) groups is 1. The standard InChI is InChI=1S/C13H16ClNO3S/c14-10-5-8(11(15)6-13(16)17)1-2-12(10)18-9-3-4-19-7-9/h1-2,5,9,11H,3-4,6-7,15H2,(H,16,17). The predicted octanol–water partition coefficient (Wildman–Crippen LogP) is 2.70. The number of thioether (sulfide) groups is 1. The number of benzene rings is 1. The zero-order valence-electron chi connectivity index (χ0n) is 10.3. The molecule has 1 aromatic rings. The molecule has 0 radical (unpaired) electrons. The molecule has 0 aromatic heterocycles. The van der Waals surface area contributed by atoms with Crippen LogP contribution in [0.5, 0.6) is 5.75 Å². The van der Waals surface area contributed by atoms with Crippen molar-refractivity contribution >= 4 is 29.3 Å². The van der Waals surface area contributed by atoms with Gasteiger partial charge < -0.3 is 15.6 Å². The minimum absolute atomic E-state index is 0.115. The maximum Gasteiger partial charge on any atom is 0.305 e. The average molecular weight is 302 g/mol. The summed E-state index contributed by atoms with van der Waals surface area (Å²) in [5.41, 5.74) is 6.50. The lowest BCUT2D eigenvalue weighted by Gasteiger charge is -2.16. The summed E-state index contributed by atoms with van der Waals surface area (Å²) >= 11 is 8.02. The lowest BCUT2D eigenvalue weighted by molar-refractivity contribution is -0.137. The number of carboxylic acids is 1. The summed E-state index contributed by atoms with van der Waals surface area (Å²) in [4.78, 5) is 10.6. The van der Waals surface area contributed by atoms with Crippen molar-refractivity contribution in [3.05, 3.63) is 28.8 Å². The Morgan fingerprint density at radius 2 is 2.42 bits per heavy atom. The number of carboxylic acid groups (broad SMARTS) is 1. The van der Waals surface area contributed by atoms with Gasteiger partial charge in [0.1, 0.15) is 11.9 Å². The van der Waals surface area contributed by atoms with E-state index in [9.17, 15) is 4.79 Å². The van der Waals surface area contributed by atoms with E-state index >= 15 is 0 Å². The van der Waals surface area contributed by atoms with Crippen molar-refractivity contribution in [2.24, 2.45) is 5.73 Å². The SMILES string of the molecule is NC(CC(=O)O)c1ccc(OC2CCSC2)c(Cl)c1. The van der Waals surface area contributed by atoms with E-state index in [-0.39, 0.29) is 12.5 Å². The molecule has 0 spiro atoms. The van der Waals surface area contributed by atoms with Gasteiger partial charge in [0.05, 0.1) is 11.4 Å². The van der Waals surface area contributed by atoms with E-state index in [4.69, 9.17) is 27.2 Å². The number of halogens is 1. The van der Waals surface area contributed by atoms with Gasteiger partial charge in [0.25, 0.3) is 0 Å². The van der Waals surface area contributed by atoms with Gasteiger partial charge in [0.15, 0.2) is 0 Å². The summed E-state index contributed by atoms with van der Waals surface area (Å²) in [6, 6.07) is 4.68. The zero-order chi connectivity index (χ0) is 13.8. The Labute approximate surface area is 121 Å². The van der Waals surface area contributed by atoms with Crippen LogP contribution in [0.15, 0.2) is 18.2 Å². The Morgan fingerprint density at radius 3 is 3.00 bits per heavy atom. The monoisotopic (exact) mass is 301 g/mol. The molecule has 104 valence electrons. The largest absolute Gasteiger partial charge is 0.488 e. The van der Waals surface area contributed by atoms with E-state index in [0.29, 0.717) is 16.3 Å². The van der Waals surface area contributed by atoms with Crippen molar-refractivity contribution < 1.29 is 14.6 Å². The normalized spacial score (nSPS) is 20.2. The second-order valence-corrected chi connectivity index (χ2v) is 6.05. The topological polar surface area (TPSA) is 72.6 Å². The van der Waals surface area contributed by atoms with Gasteiger partial charge in [-0.1, -0.05) is 17.7 Å². The lowest BCUT2D eigenvalue weighted by atomic mass is 10.0. The third kappa shape index (κ3) is 4.03. The van der Waals surface area contributed by atoms with Crippen LogP contribution in [0.4, 0.5) is 0 Å². The Morgan fingerprint density at radius 1 is 1.63 bits per heavy atom. The van der Waals surface area contributed by atoms with Gasteiger partial charge in [-0.15, -0.1) is 0 Å². The fraction of sp³-hybridized carbons (Fsp3) is 0.462. The molecule has 1 saturated heterocycles. The van der Waals surface area contributed by atoms with Gasteiger partial charge in [-0.25, -0.2) is 0 Å². The first-order chi connectivity index (χ1) is 9.06. The molecule has 2 rings (SSSR count). The van der Waals surface area contributed by atoms with E-state index in [2.05, 4.69) is 0 Å². The van der Waals surface area contributed by atoms with Gasteiger partial charge in [0, 0.05) is 11.8 Å². The summed E-state index contributed by atoms with van der Waals surface area (Å²) in [6.45, 7) is 0. The molecule has 0 bridgehead atoms. The van der Waals surface area contributed by atoms with Crippen LogP contribution in [0, 0.1) is 0 Å². The Hall–Kier alpha value is -0.910. The molecule has 0 aliphatic carbocycles. The van der Waals surface area contributed by atoms with Gasteiger partial charge in [0.2, 0.25) is 0 Å². The molecule has 3 N–H and O–H groups in total. The first-order valence-electron chi connectivity index (χ1n) is 6.07. The Bertz CT molecular complexity index is 463. The highest BCUT2D eigenvalue weighted by atomic mass is 35.5. The Balaban J connectivity index is 2.05. The molecular formula is C13H16ClNO3S. The van der Waals surface area contributed by atoms with Crippen LogP contribution in [-0.2, 0) is 4.79 Å². The predicted molar refractivity (Wildman–Crippen MR) is 77.0 cm³/mol. The number of hydrogen-bond donors (Lipinski definition) is 2. The quantitative estimate of drug-likeness (QED) is 0.875. The van der Waals surface area contributed by atoms with Crippen LogP contribution in [0.3, 0.4) is 0 Å². The van der Waals surface area contributed by atoms with Crippen LogP contribution in [0.2, 0.25) is 5.02 Å². The van der Waals surface area contributed by atoms with Crippen molar-refractivity contribution in [3.8, 4) is 5.75 Å². The molecule has 1 aliphatic rings. The van der Waals surface area contributed by atoms with Gasteiger partial charge in [-0.2, -0.15) is 11.8 Å². The number of hydrogen-bond acceptors (Lipinski definition) is 4. The highest BCUT2D eigenvalue weighted by Gasteiger charge is 2.19. The highest BCUT2D eigenvalue weighted by molar-refractivity contribution is 7.99. The van der Waals surface area contributed by atoms with Crippen LogP contribution in [0.1, 0.15) is 24.4 Å². The fourth-order valence-electron chi connectivity index (χ4n) is 1.93. The van der Waals surface area contributed by atoms with E-state index in [1.807, 2.05) is 11.8 Å².